The number of para-hydroxylation sites is 1. The van der Waals surface area contributed by atoms with Crippen molar-refractivity contribution in [1.82, 2.24) is 24.8 Å². The Morgan fingerprint density at radius 2 is 1.84 bits per heavy atom. The van der Waals surface area contributed by atoms with Crippen LogP contribution in [-0.2, 0) is 4.57 Å². The molecule has 11 nitrogen and oxygen atoms in total. The number of hydrogen-bond donors (Lipinski definition) is 3. The summed E-state index contributed by atoms with van der Waals surface area (Å²) < 4.78 is 25.3. The summed E-state index contributed by atoms with van der Waals surface area (Å²) in [6.07, 6.45) is 4.14. The third-order valence-corrected chi connectivity index (χ3v) is 11.1. The minimum Gasteiger partial charge on any atom is -0.494 e. The van der Waals surface area contributed by atoms with E-state index in [1.165, 1.54) is 25.9 Å². The van der Waals surface area contributed by atoms with Crippen LogP contribution in [0, 0.1) is 0 Å². The molecule has 3 aliphatic rings. The lowest BCUT2D eigenvalue weighted by Gasteiger charge is -2.49. The average Bonchev–Trinajstić information content (AvgIpc) is 3.41. The molecule has 2 aromatic carbocycles. The highest BCUT2D eigenvalue weighted by Crippen LogP contribution is 2.44. The Morgan fingerprint density at radius 3 is 2.62 bits per heavy atom. The summed E-state index contributed by atoms with van der Waals surface area (Å²) in [7, 11) is 1.31. The fourth-order valence-electron chi connectivity index (χ4n) is 6.81. The second kappa shape index (κ2) is 12.0. The first-order valence-corrected chi connectivity index (χ1v) is 18.4. The Labute approximate surface area is 268 Å². The van der Waals surface area contributed by atoms with Crippen molar-refractivity contribution in [2.45, 2.75) is 24.9 Å². The molecule has 2 aromatic heterocycles. The number of benzene rings is 2. The van der Waals surface area contributed by atoms with Gasteiger partial charge in [0, 0.05) is 49.3 Å². The molecule has 0 saturated carbocycles. The van der Waals surface area contributed by atoms with Gasteiger partial charge in [0.15, 0.2) is 0 Å². The van der Waals surface area contributed by atoms with Crippen LogP contribution in [0.15, 0.2) is 42.6 Å². The predicted octanol–water partition coefficient (Wildman–Crippen LogP) is 5.33. The zero-order chi connectivity index (χ0) is 31.3. The van der Waals surface area contributed by atoms with Crippen molar-refractivity contribution in [1.29, 1.82) is 0 Å². The number of aromatic amines is 1. The molecule has 3 aliphatic heterocycles. The van der Waals surface area contributed by atoms with E-state index >= 15 is 0 Å². The van der Waals surface area contributed by atoms with E-state index in [0.717, 1.165) is 36.4 Å². The second-order valence-corrected chi connectivity index (χ2v) is 16.2. The maximum absolute atomic E-state index is 13.0. The van der Waals surface area contributed by atoms with Gasteiger partial charge in [-0.3, -0.25) is 4.90 Å². The summed E-state index contributed by atoms with van der Waals surface area (Å²) in [6.45, 7) is 9.48. The molecule has 0 bridgehead atoms. The number of rotatable bonds is 7. The van der Waals surface area contributed by atoms with Crippen molar-refractivity contribution in [2.24, 2.45) is 0 Å². The highest BCUT2D eigenvalue weighted by Gasteiger charge is 2.36. The average molecular weight is 651 g/mol. The predicted molar refractivity (Wildman–Crippen MR) is 183 cm³/mol. The zero-order valence-corrected chi connectivity index (χ0v) is 27.8. The molecule has 4 aromatic rings. The first-order chi connectivity index (χ1) is 21.7. The van der Waals surface area contributed by atoms with Gasteiger partial charge in [0.1, 0.15) is 36.7 Å². The van der Waals surface area contributed by atoms with E-state index in [1.54, 1.807) is 26.6 Å². The van der Waals surface area contributed by atoms with Gasteiger partial charge in [0.05, 0.1) is 40.6 Å². The van der Waals surface area contributed by atoms with Gasteiger partial charge in [-0.05, 0) is 58.4 Å². The molecule has 0 spiro atoms. The first kappa shape index (κ1) is 30.2. The molecule has 2 fully saturated rings. The molecular weight excluding hydrogens is 611 g/mol. The Kier molecular flexibility index (Phi) is 8.06. The summed E-state index contributed by atoms with van der Waals surface area (Å²) in [5.74, 6) is 2.31. The van der Waals surface area contributed by atoms with Crippen LogP contribution in [-0.4, -0.2) is 104 Å². The molecule has 2 saturated heterocycles. The first-order valence-electron chi connectivity index (χ1n) is 15.4. The van der Waals surface area contributed by atoms with Gasteiger partial charge in [0.25, 0.3) is 0 Å². The number of piperazine rings is 1. The Balaban J connectivity index is 1.16. The molecule has 0 radical (unpaired) electrons. The van der Waals surface area contributed by atoms with E-state index in [9.17, 15) is 4.57 Å². The molecule has 0 amide bonds. The number of hydrogen-bond acceptors (Lipinski definition) is 10. The molecule has 3 N–H and O–H groups in total. The highest BCUT2D eigenvalue weighted by atomic mass is 35.5. The van der Waals surface area contributed by atoms with Crippen LogP contribution in [0.3, 0.4) is 0 Å². The monoisotopic (exact) mass is 650 g/mol. The van der Waals surface area contributed by atoms with Gasteiger partial charge < -0.3 is 39.5 Å². The summed E-state index contributed by atoms with van der Waals surface area (Å²) in [4.78, 5) is 20.2. The molecule has 13 heteroatoms. The van der Waals surface area contributed by atoms with Crippen molar-refractivity contribution >= 4 is 63.9 Å². The van der Waals surface area contributed by atoms with Crippen LogP contribution in [0.25, 0.3) is 11.0 Å². The summed E-state index contributed by atoms with van der Waals surface area (Å²) in [5, 5.41) is 8.59. The van der Waals surface area contributed by atoms with Gasteiger partial charge >= 0.3 is 0 Å². The van der Waals surface area contributed by atoms with Crippen LogP contribution in [0.5, 0.6) is 11.5 Å². The smallest absolute Gasteiger partial charge is 0.231 e. The van der Waals surface area contributed by atoms with Gasteiger partial charge in [-0.25, -0.2) is 0 Å². The minimum absolute atomic E-state index is 0.302. The van der Waals surface area contributed by atoms with Crippen LogP contribution >= 0.6 is 18.7 Å². The van der Waals surface area contributed by atoms with Crippen LogP contribution < -0.4 is 30.3 Å². The summed E-state index contributed by atoms with van der Waals surface area (Å²) in [5.41, 5.74) is 3.01. The number of likely N-dealkylation sites (tertiary alicyclic amines) is 1. The molecule has 238 valence electrons. The van der Waals surface area contributed by atoms with Crippen molar-refractivity contribution in [2.75, 3.05) is 82.4 Å². The van der Waals surface area contributed by atoms with Crippen molar-refractivity contribution < 1.29 is 14.0 Å². The van der Waals surface area contributed by atoms with Gasteiger partial charge in [-0.15, -0.1) is 0 Å². The van der Waals surface area contributed by atoms with E-state index in [2.05, 4.69) is 43.4 Å². The number of ether oxygens (including phenoxy) is 2. The molecule has 1 atom stereocenters. The number of nitrogens with zero attached hydrogens (tertiary/aromatic N) is 5. The van der Waals surface area contributed by atoms with Crippen LogP contribution in [0.1, 0.15) is 12.8 Å². The number of aromatic nitrogens is 3. The quantitative estimate of drug-likeness (QED) is 0.227. The van der Waals surface area contributed by atoms with E-state index in [1.807, 2.05) is 30.3 Å². The van der Waals surface area contributed by atoms with E-state index in [0.29, 0.717) is 63.6 Å². The second-order valence-electron chi connectivity index (χ2n) is 12.6. The number of methoxy groups -OCH3 is 1. The van der Waals surface area contributed by atoms with Crippen molar-refractivity contribution in [3.63, 3.8) is 0 Å². The van der Waals surface area contributed by atoms with Crippen LogP contribution in [0.2, 0.25) is 5.02 Å². The minimum atomic E-state index is -2.56. The number of fused-ring (bicyclic) bond motifs is 4. The van der Waals surface area contributed by atoms with E-state index in [4.69, 9.17) is 31.0 Å². The van der Waals surface area contributed by atoms with Gasteiger partial charge in [-0.2, -0.15) is 9.97 Å². The Hall–Kier alpha value is -3.50. The number of halogens is 1. The largest absolute Gasteiger partial charge is 0.494 e. The Bertz CT molecular complexity index is 1770. The standard InChI is InChI=1S/C32H40ClN8O3P/c1-39-11-9-20(10-12-39)40-13-14-41-21(18-40)19-44-27-15-24(26(43-2)16-25(27)41)36-32-37-30-29(22(33)17-34-30)31(38-32)35-23-7-5-6-8-28(23)45(3,4)42/h5-8,15-17,20-21H,9-14,18-19H2,1-4H3,(H3,34,35,36,37,38)/t21-/m1/s1. The lowest BCUT2D eigenvalue weighted by molar-refractivity contribution is 0.0868. The van der Waals surface area contributed by atoms with E-state index in [-0.39, 0.29) is 0 Å². The topological polar surface area (TPSA) is 111 Å². The number of anilines is 5. The van der Waals surface area contributed by atoms with Gasteiger partial charge in [-0.1, -0.05) is 23.7 Å². The zero-order valence-electron chi connectivity index (χ0n) is 26.1. The Morgan fingerprint density at radius 1 is 1.04 bits per heavy atom. The number of nitrogens with one attached hydrogen (secondary N) is 3. The normalized spacial score (nSPS) is 19.6. The SMILES string of the molecule is COc1cc2c(cc1Nc1nc(Nc3ccccc3P(C)(C)=O)c3c(Cl)c[nH]c3n1)OC[C@H]1CN(C3CCN(C)CC3)CCN21. The fourth-order valence-corrected chi connectivity index (χ4v) is 8.20. The summed E-state index contributed by atoms with van der Waals surface area (Å²) in [6, 6.07) is 12.5. The number of H-pyrrole nitrogens is 1. The molecule has 7 rings (SSSR count). The van der Waals surface area contributed by atoms with Crippen molar-refractivity contribution in [3.05, 3.63) is 47.6 Å². The third-order valence-electron chi connectivity index (χ3n) is 9.21. The molecule has 0 aliphatic carbocycles. The molecular formula is C32H40ClN8O3P. The number of piperidine rings is 1. The maximum Gasteiger partial charge on any atom is 0.231 e. The summed E-state index contributed by atoms with van der Waals surface area (Å²) >= 11 is 6.56. The molecule has 0 unspecified atom stereocenters. The third kappa shape index (κ3) is 5.94. The molecule has 45 heavy (non-hydrogen) atoms. The fraction of sp³-hybridized carbons (Fsp3) is 0.438. The van der Waals surface area contributed by atoms with Gasteiger partial charge in [0.2, 0.25) is 5.95 Å². The van der Waals surface area contributed by atoms with E-state index < -0.39 is 7.14 Å². The lowest BCUT2D eigenvalue weighted by Crippen LogP contribution is -2.60. The molecule has 5 heterocycles. The van der Waals surface area contributed by atoms with Crippen molar-refractivity contribution in [3.8, 4) is 11.5 Å². The highest BCUT2D eigenvalue weighted by molar-refractivity contribution is 7.70. The maximum atomic E-state index is 13.0. The lowest BCUT2D eigenvalue weighted by atomic mass is 10.00. The van der Waals surface area contributed by atoms with Crippen LogP contribution in [0.4, 0.5) is 28.8 Å².